The van der Waals surface area contributed by atoms with Crippen LogP contribution in [0.3, 0.4) is 0 Å². The Labute approximate surface area is 102 Å². The van der Waals surface area contributed by atoms with Gasteiger partial charge in [-0.25, -0.2) is 0 Å². The van der Waals surface area contributed by atoms with Crippen LogP contribution in [0, 0.1) is 0 Å². The number of alkyl halides is 1. The van der Waals surface area contributed by atoms with Gasteiger partial charge in [0.05, 0.1) is 0 Å². The lowest BCUT2D eigenvalue weighted by Crippen LogP contribution is -2.29. The smallest absolute Gasteiger partial charge is 0.0410 e. The average Bonchev–Trinajstić information content (AvgIpc) is 2.16. The Morgan fingerprint density at radius 1 is 1.50 bits per heavy atom. The molecule has 0 aliphatic rings. The second kappa shape index (κ2) is 5.83. The zero-order chi connectivity index (χ0) is 10.6. The first-order valence-corrected chi connectivity index (χ1v) is 6.40. The fourth-order valence-electron chi connectivity index (χ4n) is 1.10. The van der Waals surface area contributed by atoms with Crippen molar-refractivity contribution in [2.45, 2.75) is 19.5 Å². The molecule has 0 saturated carbocycles. The number of hydrogen-bond donors (Lipinski definition) is 0. The molecule has 1 atom stereocenters. The van der Waals surface area contributed by atoms with Gasteiger partial charge < -0.3 is 0 Å². The van der Waals surface area contributed by atoms with Crippen LogP contribution in [-0.2, 0) is 6.54 Å². The summed E-state index contributed by atoms with van der Waals surface area (Å²) in [6.45, 7) is 3.12. The van der Waals surface area contributed by atoms with E-state index in [0.717, 1.165) is 16.3 Å². The maximum Gasteiger partial charge on any atom is 0.0410 e. The highest BCUT2D eigenvalue weighted by atomic mass is 79.9. The first kappa shape index (κ1) is 12.1. The van der Waals surface area contributed by atoms with Crippen molar-refractivity contribution in [3.8, 4) is 0 Å². The molecular weight excluding hydrogens is 308 g/mol. The van der Waals surface area contributed by atoms with Crippen LogP contribution in [0.15, 0.2) is 22.9 Å². The lowest BCUT2D eigenvalue weighted by atomic mass is 10.2. The van der Waals surface area contributed by atoms with Crippen molar-refractivity contribution in [3.05, 3.63) is 28.5 Å². The van der Waals surface area contributed by atoms with Crippen LogP contribution in [0.5, 0.6) is 0 Å². The Kier molecular flexibility index (Phi) is 5.06. The van der Waals surface area contributed by atoms with E-state index < -0.39 is 0 Å². The van der Waals surface area contributed by atoms with Crippen molar-refractivity contribution in [2.75, 3.05) is 12.4 Å². The molecule has 14 heavy (non-hydrogen) atoms. The average molecular weight is 322 g/mol. The third-order valence-electron chi connectivity index (χ3n) is 2.17. The minimum Gasteiger partial charge on any atom is -0.299 e. The van der Waals surface area contributed by atoms with Gasteiger partial charge in [-0.15, -0.1) is 0 Å². The Balaban J connectivity index is 2.60. The van der Waals surface area contributed by atoms with E-state index in [-0.39, 0.29) is 0 Å². The molecule has 4 heteroatoms. The van der Waals surface area contributed by atoms with Gasteiger partial charge in [-0.3, -0.25) is 9.88 Å². The second-order valence-corrected chi connectivity index (χ2v) is 4.99. The van der Waals surface area contributed by atoms with Gasteiger partial charge in [-0.05, 0) is 41.5 Å². The number of nitrogens with zero attached hydrogens (tertiary/aromatic N) is 2. The zero-order valence-corrected chi connectivity index (χ0v) is 11.5. The lowest BCUT2D eigenvalue weighted by molar-refractivity contribution is 0.270. The molecule has 0 N–H and O–H groups in total. The summed E-state index contributed by atoms with van der Waals surface area (Å²) in [4.78, 5) is 6.43. The highest BCUT2D eigenvalue weighted by Crippen LogP contribution is 2.12. The van der Waals surface area contributed by atoms with Gasteiger partial charge >= 0.3 is 0 Å². The second-order valence-electron chi connectivity index (χ2n) is 3.43. The fourth-order valence-corrected chi connectivity index (χ4v) is 2.01. The van der Waals surface area contributed by atoms with Crippen molar-refractivity contribution < 1.29 is 0 Å². The van der Waals surface area contributed by atoms with Gasteiger partial charge in [0.1, 0.15) is 0 Å². The minimum absolute atomic E-state index is 0.536. The van der Waals surface area contributed by atoms with Crippen molar-refractivity contribution >= 4 is 31.9 Å². The van der Waals surface area contributed by atoms with E-state index in [1.807, 2.05) is 6.20 Å². The molecule has 0 fully saturated rings. The van der Waals surface area contributed by atoms with Crippen LogP contribution in [0.25, 0.3) is 0 Å². The van der Waals surface area contributed by atoms with Gasteiger partial charge in [0.25, 0.3) is 0 Å². The predicted octanol–water partition coefficient (Wildman–Crippen LogP) is 3.06. The topological polar surface area (TPSA) is 16.1 Å². The van der Waals surface area contributed by atoms with Gasteiger partial charge in [-0.1, -0.05) is 15.9 Å². The third kappa shape index (κ3) is 3.67. The summed E-state index contributed by atoms with van der Waals surface area (Å²) in [5, 5.41) is 0.991. The number of hydrogen-bond acceptors (Lipinski definition) is 2. The molecule has 1 unspecified atom stereocenters. The molecule has 0 radical (unpaired) electrons. The summed E-state index contributed by atoms with van der Waals surface area (Å²) in [6, 6.07) is 2.64. The Morgan fingerprint density at radius 2 is 2.21 bits per heavy atom. The number of aromatic nitrogens is 1. The standard InChI is InChI=1S/C10H14Br2N2/c1-8(4-11)14(2)7-9-3-10(12)6-13-5-9/h3,5-6,8H,4,7H2,1-2H3. The van der Waals surface area contributed by atoms with Crippen molar-refractivity contribution in [1.82, 2.24) is 9.88 Å². The number of rotatable bonds is 4. The normalized spacial score (nSPS) is 13.2. The molecule has 0 spiro atoms. The molecule has 0 bridgehead atoms. The Bertz CT molecular complexity index is 291. The highest BCUT2D eigenvalue weighted by molar-refractivity contribution is 9.10. The number of pyridine rings is 1. The first-order chi connectivity index (χ1) is 6.63. The van der Waals surface area contributed by atoms with Crippen LogP contribution in [-0.4, -0.2) is 28.3 Å². The molecule has 2 nitrogen and oxygen atoms in total. The van der Waals surface area contributed by atoms with Crippen molar-refractivity contribution in [2.24, 2.45) is 0 Å². The van der Waals surface area contributed by atoms with E-state index in [4.69, 9.17) is 0 Å². The van der Waals surface area contributed by atoms with Crippen LogP contribution >= 0.6 is 31.9 Å². The van der Waals surface area contributed by atoms with Crippen LogP contribution < -0.4 is 0 Å². The molecule has 0 saturated heterocycles. The van der Waals surface area contributed by atoms with E-state index in [1.165, 1.54) is 5.56 Å². The maximum absolute atomic E-state index is 4.14. The zero-order valence-electron chi connectivity index (χ0n) is 8.37. The quantitative estimate of drug-likeness (QED) is 0.792. The maximum atomic E-state index is 4.14. The molecule has 1 rings (SSSR count). The van der Waals surface area contributed by atoms with Gasteiger partial charge in [-0.2, -0.15) is 0 Å². The van der Waals surface area contributed by atoms with E-state index in [0.29, 0.717) is 6.04 Å². The molecular formula is C10H14Br2N2. The SMILES string of the molecule is CC(CBr)N(C)Cc1cncc(Br)c1. The number of halogens is 2. The van der Waals surface area contributed by atoms with Gasteiger partial charge in [0, 0.05) is 34.8 Å². The molecule has 1 aromatic heterocycles. The van der Waals surface area contributed by atoms with Crippen LogP contribution in [0.4, 0.5) is 0 Å². The monoisotopic (exact) mass is 320 g/mol. The fraction of sp³-hybridized carbons (Fsp3) is 0.500. The van der Waals surface area contributed by atoms with Crippen molar-refractivity contribution in [1.29, 1.82) is 0 Å². The van der Waals surface area contributed by atoms with Crippen LogP contribution in [0.1, 0.15) is 12.5 Å². The van der Waals surface area contributed by atoms with E-state index >= 15 is 0 Å². The molecule has 0 aliphatic heterocycles. The summed E-state index contributed by atoms with van der Waals surface area (Å²) >= 11 is 6.89. The first-order valence-electron chi connectivity index (χ1n) is 4.49. The summed E-state index contributed by atoms with van der Waals surface area (Å²) in [6.07, 6.45) is 3.71. The van der Waals surface area contributed by atoms with Crippen LogP contribution in [0.2, 0.25) is 0 Å². The summed E-state index contributed by atoms with van der Waals surface area (Å²) in [5.41, 5.74) is 1.23. The summed E-state index contributed by atoms with van der Waals surface area (Å²) in [5.74, 6) is 0. The lowest BCUT2D eigenvalue weighted by Gasteiger charge is -2.22. The van der Waals surface area contributed by atoms with E-state index in [9.17, 15) is 0 Å². The van der Waals surface area contributed by atoms with E-state index in [1.54, 1.807) is 6.20 Å². The molecule has 0 aliphatic carbocycles. The van der Waals surface area contributed by atoms with E-state index in [2.05, 4.69) is 61.8 Å². The molecule has 0 amide bonds. The molecule has 0 aromatic carbocycles. The molecule has 1 aromatic rings. The molecule has 78 valence electrons. The van der Waals surface area contributed by atoms with Gasteiger partial charge in [0.15, 0.2) is 0 Å². The largest absolute Gasteiger partial charge is 0.299 e. The summed E-state index contributed by atoms with van der Waals surface area (Å²) < 4.78 is 1.04. The highest BCUT2D eigenvalue weighted by Gasteiger charge is 2.07. The van der Waals surface area contributed by atoms with Gasteiger partial charge in [0.2, 0.25) is 0 Å². The minimum atomic E-state index is 0.536. The third-order valence-corrected chi connectivity index (χ3v) is 3.54. The predicted molar refractivity (Wildman–Crippen MR) is 66.7 cm³/mol. The molecule has 1 heterocycles. The summed E-state index contributed by atoms with van der Waals surface area (Å²) in [7, 11) is 2.12. The Hall–Kier alpha value is 0.0700. The Morgan fingerprint density at radius 3 is 2.79 bits per heavy atom. The van der Waals surface area contributed by atoms with Crippen molar-refractivity contribution in [3.63, 3.8) is 0 Å².